The molecule has 0 atom stereocenters. The Kier molecular flexibility index (Phi) is 6.57. The summed E-state index contributed by atoms with van der Waals surface area (Å²) in [6.45, 7) is 5.72. The van der Waals surface area contributed by atoms with Gasteiger partial charge in [-0.15, -0.1) is 6.58 Å². The topological polar surface area (TPSA) is 93.7 Å². The lowest BCUT2D eigenvalue weighted by Crippen LogP contribution is -2.39. The van der Waals surface area contributed by atoms with E-state index in [2.05, 4.69) is 11.6 Å². The van der Waals surface area contributed by atoms with E-state index in [1.807, 2.05) is 19.1 Å². The van der Waals surface area contributed by atoms with Gasteiger partial charge < -0.3 is 5.11 Å². The molecular formula is C19H21N3O4S. The first kappa shape index (κ1) is 20.4. The van der Waals surface area contributed by atoms with Crippen molar-refractivity contribution in [1.29, 1.82) is 0 Å². The maximum atomic E-state index is 12.5. The van der Waals surface area contributed by atoms with Gasteiger partial charge in [0.2, 0.25) is 5.88 Å². The van der Waals surface area contributed by atoms with Crippen LogP contribution in [0.25, 0.3) is 0 Å². The predicted molar refractivity (Wildman–Crippen MR) is 108 cm³/mol. The van der Waals surface area contributed by atoms with E-state index in [0.29, 0.717) is 5.56 Å². The predicted octanol–water partition coefficient (Wildman–Crippen LogP) is 1.65. The van der Waals surface area contributed by atoms with Gasteiger partial charge in [0.25, 0.3) is 5.56 Å². The fourth-order valence-electron chi connectivity index (χ4n) is 2.32. The SMILES string of the molecule is C=CCN=C(SCC(=O)c1ccc(C)cc1)c1c(O)n(C)c(=O)n(C)c1=O. The molecule has 0 aliphatic carbocycles. The number of thioether (sulfide) groups is 1. The average molecular weight is 387 g/mol. The number of aromatic hydroxyl groups is 1. The molecule has 0 radical (unpaired) electrons. The molecule has 0 unspecified atom stereocenters. The monoisotopic (exact) mass is 387 g/mol. The molecular weight excluding hydrogens is 366 g/mol. The molecule has 27 heavy (non-hydrogen) atoms. The van der Waals surface area contributed by atoms with E-state index in [-0.39, 0.29) is 28.7 Å². The highest BCUT2D eigenvalue weighted by Gasteiger charge is 2.21. The fraction of sp³-hybridized carbons (Fsp3) is 0.263. The van der Waals surface area contributed by atoms with Gasteiger partial charge in [0, 0.05) is 19.7 Å². The summed E-state index contributed by atoms with van der Waals surface area (Å²) in [6, 6.07) is 7.17. The minimum absolute atomic E-state index is 0.0322. The van der Waals surface area contributed by atoms with Gasteiger partial charge in [-0.1, -0.05) is 47.7 Å². The van der Waals surface area contributed by atoms with Crippen LogP contribution < -0.4 is 11.2 Å². The molecule has 2 aromatic rings. The lowest BCUT2D eigenvalue weighted by atomic mass is 10.1. The highest BCUT2D eigenvalue weighted by Crippen LogP contribution is 2.20. The van der Waals surface area contributed by atoms with Crippen LogP contribution in [0.5, 0.6) is 5.88 Å². The van der Waals surface area contributed by atoms with Crippen LogP contribution in [0, 0.1) is 6.92 Å². The third-order valence-corrected chi connectivity index (χ3v) is 4.94. The Labute approximate surface area is 160 Å². The average Bonchev–Trinajstić information content (AvgIpc) is 2.66. The normalized spacial score (nSPS) is 11.4. The van der Waals surface area contributed by atoms with Crippen LogP contribution >= 0.6 is 11.8 Å². The van der Waals surface area contributed by atoms with Crippen molar-refractivity contribution in [3.05, 3.63) is 74.4 Å². The Balaban J connectivity index is 2.39. The highest BCUT2D eigenvalue weighted by atomic mass is 32.2. The number of aromatic nitrogens is 2. The molecule has 142 valence electrons. The van der Waals surface area contributed by atoms with Gasteiger partial charge in [0.05, 0.1) is 12.3 Å². The molecule has 0 amide bonds. The summed E-state index contributed by atoms with van der Waals surface area (Å²) in [5.74, 6) is -0.585. The molecule has 1 N–H and O–H groups in total. The summed E-state index contributed by atoms with van der Waals surface area (Å²) in [5.41, 5.74) is 0.168. The molecule has 0 fully saturated rings. The number of nitrogens with zero attached hydrogens (tertiary/aromatic N) is 3. The van der Waals surface area contributed by atoms with E-state index >= 15 is 0 Å². The third-order valence-electron chi connectivity index (χ3n) is 3.93. The van der Waals surface area contributed by atoms with E-state index in [1.54, 1.807) is 12.1 Å². The molecule has 0 bridgehead atoms. The number of hydrogen-bond acceptors (Lipinski definition) is 6. The maximum absolute atomic E-state index is 12.5. The second-order valence-electron chi connectivity index (χ2n) is 5.92. The summed E-state index contributed by atoms with van der Waals surface area (Å²) in [5, 5.41) is 10.5. The molecule has 7 nitrogen and oxygen atoms in total. The number of aryl methyl sites for hydroxylation is 1. The van der Waals surface area contributed by atoms with Crippen molar-refractivity contribution in [2.45, 2.75) is 6.92 Å². The molecule has 1 aromatic carbocycles. The molecule has 1 aromatic heterocycles. The summed E-state index contributed by atoms with van der Waals surface area (Å²) >= 11 is 1.04. The van der Waals surface area contributed by atoms with E-state index in [0.717, 1.165) is 26.5 Å². The maximum Gasteiger partial charge on any atom is 0.333 e. The van der Waals surface area contributed by atoms with E-state index < -0.39 is 17.1 Å². The number of carbonyl (C=O) groups is 1. The number of Topliss-reactive ketones (excluding diaryl/α,β-unsaturated/α-hetero) is 1. The zero-order chi connectivity index (χ0) is 20.1. The van der Waals surface area contributed by atoms with E-state index in [4.69, 9.17) is 0 Å². The molecule has 2 rings (SSSR count). The van der Waals surface area contributed by atoms with Crippen LogP contribution in [0.15, 0.2) is 51.5 Å². The Morgan fingerprint density at radius 3 is 2.44 bits per heavy atom. The smallest absolute Gasteiger partial charge is 0.333 e. The summed E-state index contributed by atoms with van der Waals surface area (Å²) in [6.07, 6.45) is 1.53. The first-order valence-electron chi connectivity index (χ1n) is 8.15. The summed E-state index contributed by atoms with van der Waals surface area (Å²) < 4.78 is 1.85. The number of carbonyl (C=O) groups excluding carboxylic acids is 1. The van der Waals surface area contributed by atoms with Crippen molar-refractivity contribution in [2.75, 3.05) is 12.3 Å². The van der Waals surface area contributed by atoms with E-state index in [1.165, 1.54) is 20.2 Å². The fourth-order valence-corrected chi connectivity index (χ4v) is 3.24. The number of aliphatic imine (C=N–C) groups is 1. The van der Waals surface area contributed by atoms with Gasteiger partial charge in [0.15, 0.2) is 5.78 Å². The zero-order valence-electron chi connectivity index (χ0n) is 15.4. The van der Waals surface area contributed by atoms with Gasteiger partial charge in [-0.05, 0) is 6.92 Å². The Hall–Kier alpha value is -2.87. The molecule has 0 spiro atoms. The molecule has 0 aliphatic rings. The van der Waals surface area contributed by atoms with Gasteiger partial charge in [-0.3, -0.25) is 23.7 Å². The Bertz CT molecular complexity index is 1020. The van der Waals surface area contributed by atoms with Crippen LogP contribution in [0.3, 0.4) is 0 Å². The van der Waals surface area contributed by atoms with Crippen molar-refractivity contribution < 1.29 is 9.90 Å². The first-order chi connectivity index (χ1) is 12.8. The Morgan fingerprint density at radius 1 is 1.22 bits per heavy atom. The van der Waals surface area contributed by atoms with Gasteiger partial charge >= 0.3 is 5.69 Å². The quantitative estimate of drug-likeness (QED) is 0.352. The molecule has 0 saturated heterocycles. The highest BCUT2D eigenvalue weighted by molar-refractivity contribution is 8.15. The van der Waals surface area contributed by atoms with Crippen LogP contribution in [0.4, 0.5) is 0 Å². The molecule has 8 heteroatoms. The van der Waals surface area contributed by atoms with Crippen molar-refractivity contribution in [2.24, 2.45) is 19.1 Å². The largest absolute Gasteiger partial charge is 0.494 e. The number of benzene rings is 1. The molecule has 1 heterocycles. The van der Waals surface area contributed by atoms with Crippen molar-refractivity contribution in [3.8, 4) is 5.88 Å². The summed E-state index contributed by atoms with van der Waals surface area (Å²) in [7, 11) is 2.68. The second kappa shape index (κ2) is 8.68. The lowest BCUT2D eigenvalue weighted by Gasteiger charge is -2.12. The van der Waals surface area contributed by atoms with Crippen molar-refractivity contribution in [1.82, 2.24) is 9.13 Å². The Morgan fingerprint density at radius 2 is 1.85 bits per heavy atom. The zero-order valence-corrected chi connectivity index (χ0v) is 16.2. The number of hydrogen-bond donors (Lipinski definition) is 1. The number of ketones is 1. The lowest BCUT2D eigenvalue weighted by molar-refractivity contribution is 0.102. The van der Waals surface area contributed by atoms with Gasteiger partial charge in [-0.25, -0.2) is 4.79 Å². The molecule has 0 aliphatic heterocycles. The van der Waals surface area contributed by atoms with Gasteiger partial charge in [0.1, 0.15) is 10.6 Å². The van der Waals surface area contributed by atoms with Crippen molar-refractivity contribution in [3.63, 3.8) is 0 Å². The standard InChI is InChI=1S/C19H21N3O4S/c1-5-10-20-16(15-17(24)21(3)19(26)22(4)18(15)25)27-11-14(23)13-8-6-12(2)7-9-13/h5-9,24H,1,10-11H2,2-4H3. The minimum atomic E-state index is -0.673. The van der Waals surface area contributed by atoms with Crippen molar-refractivity contribution >= 4 is 22.6 Å². The molecule has 0 saturated carbocycles. The van der Waals surface area contributed by atoms with Crippen LogP contribution in [0.2, 0.25) is 0 Å². The van der Waals surface area contributed by atoms with Crippen LogP contribution in [-0.4, -0.2) is 37.4 Å². The second-order valence-corrected chi connectivity index (χ2v) is 6.88. The van der Waals surface area contributed by atoms with E-state index in [9.17, 15) is 19.5 Å². The summed E-state index contributed by atoms with van der Waals surface area (Å²) in [4.78, 5) is 41.1. The third kappa shape index (κ3) is 4.46. The minimum Gasteiger partial charge on any atom is -0.494 e. The number of rotatable bonds is 6. The first-order valence-corrected chi connectivity index (χ1v) is 9.13. The van der Waals surface area contributed by atoms with Gasteiger partial charge in [-0.2, -0.15) is 0 Å². The van der Waals surface area contributed by atoms with Crippen LogP contribution in [-0.2, 0) is 14.1 Å². The van der Waals surface area contributed by atoms with Crippen LogP contribution in [0.1, 0.15) is 21.5 Å².